The highest BCUT2D eigenvalue weighted by atomic mass is 32.2. The van der Waals surface area contributed by atoms with Crippen LogP contribution in [0.5, 0.6) is 5.75 Å². The van der Waals surface area contributed by atoms with Gasteiger partial charge in [0.2, 0.25) is 0 Å². The fourth-order valence-electron chi connectivity index (χ4n) is 2.55. The number of carbonyl (C=O) groups excluding carboxylic acids is 1. The second-order valence-electron chi connectivity index (χ2n) is 5.50. The Bertz CT molecular complexity index is 699. The van der Waals surface area contributed by atoms with Crippen LogP contribution in [0.4, 0.5) is 5.69 Å². The van der Waals surface area contributed by atoms with Gasteiger partial charge in [-0.25, -0.2) is 0 Å². The Morgan fingerprint density at radius 1 is 1.17 bits per heavy atom. The third kappa shape index (κ3) is 4.48. The third-order valence-corrected chi connectivity index (χ3v) is 6.84. The molecular weight excluding hydrogens is 338 g/mol. The molecule has 0 spiro atoms. The summed E-state index contributed by atoms with van der Waals surface area (Å²) in [6, 6.07) is 15.9. The molecule has 1 heterocycles. The molecule has 0 aromatic heterocycles. The van der Waals surface area contributed by atoms with Crippen molar-refractivity contribution in [3.8, 4) is 5.75 Å². The number of carbonyl (C=O) groups is 1. The van der Waals surface area contributed by atoms with Crippen molar-refractivity contribution in [3.05, 3.63) is 59.7 Å². The van der Waals surface area contributed by atoms with Gasteiger partial charge >= 0.3 is 0 Å². The van der Waals surface area contributed by atoms with Gasteiger partial charge in [-0.2, -0.15) is 0 Å². The minimum Gasteiger partial charge on any atom is -0.483 e. The van der Waals surface area contributed by atoms with Gasteiger partial charge < -0.3 is 10.1 Å². The van der Waals surface area contributed by atoms with Crippen molar-refractivity contribution in [2.24, 2.45) is 0 Å². The van der Waals surface area contributed by atoms with Crippen LogP contribution in [0.1, 0.15) is 22.6 Å². The first-order valence-electron chi connectivity index (χ1n) is 8.10. The lowest BCUT2D eigenvalue weighted by Crippen LogP contribution is -2.20. The van der Waals surface area contributed by atoms with E-state index in [1.165, 1.54) is 11.1 Å². The fraction of sp³-hybridized carbons (Fsp3) is 0.316. The zero-order valence-corrected chi connectivity index (χ0v) is 15.3. The summed E-state index contributed by atoms with van der Waals surface area (Å²) in [4.78, 5) is 12.2. The lowest BCUT2D eigenvalue weighted by molar-refractivity contribution is -0.118. The van der Waals surface area contributed by atoms with Crippen LogP contribution in [0.25, 0.3) is 0 Å². The summed E-state index contributed by atoms with van der Waals surface area (Å²) in [5, 5.41) is 2.90. The summed E-state index contributed by atoms with van der Waals surface area (Å²) in [5.41, 5.74) is 3.19. The van der Waals surface area contributed by atoms with Crippen LogP contribution >= 0.6 is 23.5 Å². The maximum atomic E-state index is 12.2. The first kappa shape index (κ1) is 17.2. The van der Waals surface area contributed by atoms with E-state index in [4.69, 9.17) is 4.74 Å². The third-order valence-electron chi connectivity index (χ3n) is 3.77. The van der Waals surface area contributed by atoms with Crippen LogP contribution in [0.2, 0.25) is 0 Å². The Labute approximate surface area is 151 Å². The van der Waals surface area contributed by atoms with Crippen molar-refractivity contribution in [1.29, 1.82) is 0 Å². The van der Waals surface area contributed by atoms with Crippen LogP contribution in [0, 0.1) is 0 Å². The SMILES string of the molecule is CCc1cccc(NC(=O)COc2ccccc2C2SCCS2)c1. The second kappa shape index (κ2) is 8.49. The van der Waals surface area contributed by atoms with Gasteiger partial charge in [0.25, 0.3) is 5.91 Å². The molecule has 24 heavy (non-hydrogen) atoms. The number of ether oxygens (including phenoxy) is 1. The molecule has 1 saturated heterocycles. The van der Waals surface area contributed by atoms with Crippen LogP contribution in [-0.2, 0) is 11.2 Å². The van der Waals surface area contributed by atoms with Crippen molar-refractivity contribution in [2.45, 2.75) is 17.9 Å². The number of rotatable bonds is 6. The maximum Gasteiger partial charge on any atom is 0.262 e. The standard InChI is InChI=1S/C19H21NO2S2/c1-2-14-6-5-7-15(12-14)20-18(21)13-22-17-9-4-3-8-16(17)19-23-10-11-24-19/h3-9,12,19H,2,10-11,13H2,1H3,(H,20,21). The lowest BCUT2D eigenvalue weighted by atomic mass is 10.1. The van der Waals surface area contributed by atoms with Crippen molar-refractivity contribution >= 4 is 35.1 Å². The van der Waals surface area contributed by atoms with E-state index in [1.54, 1.807) is 0 Å². The minimum atomic E-state index is -0.134. The highest BCUT2D eigenvalue weighted by molar-refractivity contribution is 8.19. The molecule has 0 radical (unpaired) electrons. The minimum absolute atomic E-state index is 0.0232. The molecule has 0 atom stereocenters. The van der Waals surface area contributed by atoms with E-state index in [-0.39, 0.29) is 12.5 Å². The number of nitrogens with one attached hydrogen (secondary N) is 1. The van der Waals surface area contributed by atoms with Crippen molar-refractivity contribution in [2.75, 3.05) is 23.4 Å². The van der Waals surface area contributed by atoms with Crippen LogP contribution in [0.15, 0.2) is 48.5 Å². The molecule has 2 aromatic rings. The fourth-order valence-corrected chi connectivity index (χ4v) is 5.46. The number of hydrogen-bond acceptors (Lipinski definition) is 4. The van der Waals surface area contributed by atoms with Gasteiger partial charge in [-0.05, 0) is 30.2 Å². The summed E-state index contributed by atoms with van der Waals surface area (Å²) < 4.78 is 6.21. The molecule has 1 N–H and O–H groups in total. The lowest BCUT2D eigenvalue weighted by Gasteiger charge is -2.15. The van der Waals surface area contributed by atoms with Gasteiger partial charge in [0.05, 0.1) is 4.58 Å². The Balaban J connectivity index is 1.60. The Morgan fingerprint density at radius 3 is 2.75 bits per heavy atom. The Morgan fingerprint density at radius 2 is 1.96 bits per heavy atom. The highest BCUT2D eigenvalue weighted by Gasteiger charge is 2.21. The topological polar surface area (TPSA) is 38.3 Å². The van der Waals surface area contributed by atoms with Crippen LogP contribution < -0.4 is 10.1 Å². The first-order valence-corrected chi connectivity index (χ1v) is 10.2. The van der Waals surface area contributed by atoms with Crippen LogP contribution in [-0.4, -0.2) is 24.0 Å². The zero-order valence-electron chi connectivity index (χ0n) is 13.7. The number of benzene rings is 2. The molecule has 0 aliphatic carbocycles. The summed E-state index contributed by atoms with van der Waals surface area (Å²) >= 11 is 3.87. The van der Waals surface area contributed by atoms with E-state index < -0.39 is 0 Å². The molecule has 1 aliphatic rings. The van der Waals surface area contributed by atoms with Crippen LogP contribution in [0.3, 0.4) is 0 Å². The number of para-hydroxylation sites is 1. The molecule has 1 aliphatic heterocycles. The summed E-state index contributed by atoms with van der Waals surface area (Å²) in [6.07, 6.45) is 0.949. The molecule has 0 saturated carbocycles. The molecule has 0 unspecified atom stereocenters. The predicted molar refractivity (Wildman–Crippen MR) is 104 cm³/mol. The van der Waals surface area contributed by atoms with Gasteiger partial charge in [-0.15, -0.1) is 23.5 Å². The number of thioether (sulfide) groups is 2. The Hall–Kier alpha value is -1.59. The zero-order chi connectivity index (χ0) is 16.8. The smallest absolute Gasteiger partial charge is 0.262 e. The molecule has 1 amide bonds. The maximum absolute atomic E-state index is 12.2. The number of aryl methyl sites for hydroxylation is 1. The van der Waals surface area contributed by atoms with Gasteiger partial charge in [0.15, 0.2) is 6.61 Å². The van der Waals surface area contributed by atoms with E-state index >= 15 is 0 Å². The summed E-state index contributed by atoms with van der Waals surface area (Å²) in [5.74, 6) is 3.00. The molecule has 126 valence electrons. The highest BCUT2D eigenvalue weighted by Crippen LogP contribution is 2.48. The molecular formula is C19H21NO2S2. The normalized spacial score (nSPS) is 14.5. The summed E-state index contributed by atoms with van der Waals surface area (Å²) in [6.45, 7) is 2.12. The molecule has 2 aromatic carbocycles. The number of anilines is 1. The molecule has 3 nitrogen and oxygen atoms in total. The van der Waals surface area contributed by atoms with E-state index in [0.717, 1.165) is 29.4 Å². The van der Waals surface area contributed by atoms with Crippen molar-refractivity contribution in [3.63, 3.8) is 0 Å². The monoisotopic (exact) mass is 359 g/mol. The molecule has 1 fully saturated rings. The Kier molecular flexibility index (Phi) is 6.10. The van der Waals surface area contributed by atoms with Crippen molar-refractivity contribution < 1.29 is 9.53 Å². The van der Waals surface area contributed by atoms with Gasteiger partial charge in [0, 0.05) is 22.8 Å². The number of amides is 1. The largest absolute Gasteiger partial charge is 0.483 e. The van der Waals surface area contributed by atoms with Crippen molar-refractivity contribution in [1.82, 2.24) is 0 Å². The van der Waals surface area contributed by atoms with Gasteiger partial charge in [-0.3, -0.25) is 4.79 Å². The first-order chi connectivity index (χ1) is 11.8. The average molecular weight is 360 g/mol. The second-order valence-corrected chi connectivity index (χ2v) is 8.23. The van der Waals surface area contributed by atoms with E-state index in [1.807, 2.05) is 59.9 Å². The van der Waals surface area contributed by atoms with Gasteiger partial charge in [-0.1, -0.05) is 37.3 Å². The molecule has 0 bridgehead atoms. The average Bonchev–Trinajstić information content (AvgIpc) is 3.15. The van der Waals surface area contributed by atoms with E-state index in [0.29, 0.717) is 4.58 Å². The molecule has 3 rings (SSSR count). The van der Waals surface area contributed by atoms with E-state index in [9.17, 15) is 4.79 Å². The van der Waals surface area contributed by atoms with Gasteiger partial charge in [0.1, 0.15) is 5.75 Å². The quantitative estimate of drug-likeness (QED) is 0.808. The predicted octanol–water partition coefficient (Wildman–Crippen LogP) is 4.75. The van der Waals surface area contributed by atoms with E-state index in [2.05, 4.69) is 24.4 Å². The summed E-state index contributed by atoms with van der Waals surface area (Å²) in [7, 11) is 0. The number of hydrogen-bond donors (Lipinski definition) is 1. The molecule has 5 heteroatoms.